The molecule has 0 aliphatic carbocycles. The van der Waals surface area contributed by atoms with Crippen LogP contribution in [-0.2, 0) is 11.8 Å². The van der Waals surface area contributed by atoms with E-state index in [0.717, 1.165) is 5.56 Å². The summed E-state index contributed by atoms with van der Waals surface area (Å²) in [4.78, 5) is 21.9. The average Bonchev–Trinajstić information content (AvgIpc) is 2.74. The minimum atomic E-state index is -0.869. The van der Waals surface area contributed by atoms with E-state index in [9.17, 15) is 14.9 Å². The van der Waals surface area contributed by atoms with E-state index in [1.165, 1.54) is 13.2 Å². The quantitative estimate of drug-likeness (QED) is 0.529. The SMILES string of the molecule is COC(=O)Oc1c(Nc2ccccc2[N+](=O)[O-])c(C)cn1C. The third-order valence-corrected chi connectivity index (χ3v) is 3.02. The lowest BCUT2D eigenvalue weighted by molar-refractivity contribution is -0.383. The van der Waals surface area contributed by atoms with E-state index in [1.807, 2.05) is 0 Å². The molecular weight excluding hydrogens is 290 g/mol. The second-order valence-corrected chi connectivity index (χ2v) is 4.56. The Labute approximate surface area is 126 Å². The van der Waals surface area contributed by atoms with E-state index >= 15 is 0 Å². The third-order valence-electron chi connectivity index (χ3n) is 3.02. The fourth-order valence-electron chi connectivity index (χ4n) is 2.03. The van der Waals surface area contributed by atoms with Crippen LogP contribution >= 0.6 is 0 Å². The normalized spacial score (nSPS) is 10.1. The number of para-hydroxylation sites is 2. The number of benzene rings is 1. The topological polar surface area (TPSA) is 95.6 Å². The zero-order chi connectivity index (χ0) is 16.3. The molecule has 0 aliphatic heterocycles. The first kappa shape index (κ1) is 15.4. The molecule has 22 heavy (non-hydrogen) atoms. The Morgan fingerprint density at radius 2 is 2.05 bits per heavy atom. The first-order valence-electron chi connectivity index (χ1n) is 6.36. The molecule has 8 heteroatoms. The van der Waals surface area contributed by atoms with Crippen molar-refractivity contribution in [1.82, 2.24) is 4.57 Å². The van der Waals surface area contributed by atoms with Gasteiger partial charge in [0.25, 0.3) is 5.69 Å². The molecule has 0 saturated heterocycles. The summed E-state index contributed by atoms with van der Waals surface area (Å²) in [6, 6.07) is 6.22. The lowest BCUT2D eigenvalue weighted by Gasteiger charge is -2.10. The van der Waals surface area contributed by atoms with Crippen LogP contribution in [0.5, 0.6) is 5.88 Å². The monoisotopic (exact) mass is 305 g/mol. The van der Waals surface area contributed by atoms with Crippen LogP contribution in [0.2, 0.25) is 0 Å². The third kappa shape index (κ3) is 3.00. The van der Waals surface area contributed by atoms with Crippen LogP contribution in [0.1, 0.15) is 5.56 Å². The van der Waals surface area contributed by atoms with E-state index in [4.69, 9.17) is 4.74 Å². The molecule has 0 amide bonds. The van der Waals surface area contributed by atoms with Crippen LogP contribution in [0.25, 0.3) is 0 Å². The number of carbonyl (C=O) groups is 1. The molecule has 0 bridgehead atoms. The summed E-state index contributed by atoms with van der Waals surface area (Å²) in [6.07, 6.45) is 0.863. The standard InChI is InChI=1S/C14H15N3O5/c1-9-8-16(2)13(22-14(18)21-3)12(9)15-10-6-4-5-7-11(10)17(19)20/h4-8,15H,1-3H3. The van der Waals surface area contributed by atoms with Crippen molar-refractivity contribution in [2.75, 3.05) is 12.4 Å². The molecule has 116 valence electrons. The molecule has 0 spiro atoms. The number of aryl methyl sites for hydroxylation is 2. The van der Waals surface area contributed by atoms with Crippen LogP contribution in [0.15, 0.2) is 30.5 Å². The molecule has 2 rings (SSSR count). The summed E-state index contributed by atoms with van der Waals surface area (Å²) in [5, 5.41) is 14.0. The Morgan fingerprint density at radius 3 is 2.68 bits per heavy atom. The predicted octanol–water partition coefficient (Wildman–Crippen LogP) is 3.13. The highest BCUT2D eigenvalue weighted by molar-refractivity contribution is 5.77. The number of nitrogens with one attached hydrogen (secondary N) is 1. The highest BCUT2D eigenvalue weighted by Crippen LogP contribution is 2.35. The van der Waals surface area contributed by atoms with E-state index in [0.29, 0.717) is 11.4 Å². The number of hydrogen-bond acceptors (Lipinski definition) is 6. The number of carbonyl (C=O) groups excluding carboxylic acids is 1. The molecule has 0 fully saturated rings. The van der Waals surface area contributed by atoms with E-state index in [-0.39, 0.29) is 11.6 Å². The maximum Gasteiger partial charge on any atom is 0.514 e. The van der Waals surface area contributed by atoms with Crippen LogP contribution < -0.4 is 10.1 Å². The number of anilines is 2. The molecule has 0 aliphatic rings. The molecule has 0 saturated carbocycles. The molecule has 0 unspecified atom stereocenters. The minimum absolute atomic E-state index is 0.0743. The van der Waals surface area contributed by atoms with E-state index < -0.39 is 11.1 Å². The van der Waals surface area contributed by atoms with Gasteiger partial charge in [0, 0.05) is 19.3 Å². The molecule has 1 aromatic carbocycles. The van der Waals surface area contributed by atoms with Gasteiger partial charge < -0.3 is 19.4 Å². The average molecular weight is 305 g/mol. The highest BCUT2D eigenvalue weighted by atomic mass is 16.7. The number of methoxy groups -OCH3 is 1. The number of nitro benzene ring substituents is 1. The summed E-state index contributed by atoms with van der Waals surface area (Å²) in [5.41, 5.74) is 1.45. The van der Waals surface area contributed by atoms with Gasteiger partial charge in [0.05, 0.1) is 12.0 Å². The van der Waals surface area contributed by atoms with Gasteiger partial charge in [-0.2, -0.15) is 0 Å². The number of aromatic nitrogens is 1. The van der Waals surface area contributed by atoms with Crippen molar-refractivity contribution >= 4 is 23.2 Å². The van der Waals surface area contributed by atoms with Crippen molar-refractivity contribution in [3.8, 4) is 5.88 Å². The van der Waals surface area contributed by atoms with Crippen LogP contribution in [0.3, 0.4) is 0 Å². The number of nitrogens with zero attached hydrogens (tertiary/aromatic N) is 2. The zero-order valence-corrected chi connectivity index (χ0v) is 12.3. The van der Waals surface area contributed by atoms with Crippen LogP contribution in [0.4, 0.5) is 21.9 Å². The van der Waals surface area contributed by atoms with E-state index in [1.54, 1.807) is 42.9 Å². The van der Waals surface area contributed by atoms with Crippen LogP contribution in [-0.4, -0.2) is 22.8 Å². The van der Waals surface area contributed by atoms with Gasteiger partial charge >= 0.3 is 6.16 Å². The Bertz CT molecular complexity index is 723. The summed E-state index contributed by atoms with van der Waals surface area (Å²) >= 11 is 0. The molecule has 8 nitrogen and oxygen atoms in total. The molecule has 1 N–H and O–H groups in total. The van der Waals surface area contributed by atoms with Gasteiger partial charge in [0.15, 0.2) is 0 Å². The van der Waals surface area contributed by atoms with E-state index in [2.05, 4.69) is 10.1 Å². The maximum absolute atomic E-state index is 11.3. The lowest BCUT2D eigenvalue weighted by Crippen LogP contribution is -2.11. The molecular formula is C14H15N3O5. The van der Waals surface area contributed by atoms with Crippen molar-refractivity contribution in [3.63, 3.8) is 0 Å². The number of ether oxygens (including phenoxy) is 2. The second kappa shape index (κ2) is 6.17. The van der Waals surface area contributed by atoms with Crippen LogP contribution in [0, 0.1) is 17.0 Å². The Kier molecular flexibility index (Phi) is 4.31. The van der Waals surface area contributed by atoms with Crippen molar-refractivity contribution in [2.24, 2.45) is 7.05 Å². The fourth-order valence-corrected chi connectivity index (χ4v) is 2.03. The predicted molar refractivity (Wildman–Crippen MR) is 79.6 cm³/mol. The van der Waals surface area contributed by atoms with Gasteiger partial charge in [0.1, 0.15) is 11.4 Å². The Hall–Kier alpha value is -3.03. The zero-order valence-electron chi connectivity index (χ0n) is 12.3. The fraction of sp³-hybridized carbons (Fsp3) is 0.214. The molecule has 2 aromatic rings. The maximum atomic E-state index is 11.3. The van der Waals surface area contributed by atoms with Gasteiger partial charge in [-0.25, -0.2) is 4.79 Å². The van der Waals surface area contributed by atoms with Gasteiger partial charge in [-0.1, -0.05) is 12.1 Å². The molecule has 0 atom stereocenters. The summed E-state index contributed by atoms with van der Waals surface area (Å²) in [7, 11) is 2.89. The summed E-state index contributed by atoms with van der Waals surface area (Å²) in [6.45, 7) is 1.79. The summed E-state index contributed by atoms with van der Waals surface area (Å²) in [5.74, 6) is 0.211. The second-order valence-electron chi connectivity index (χ2n) is 4.56. The first-order valence-corrected chi connectivity index (χ1v) is 6.36. The Morgan fingerprint density at radius 1 is 1.36 bits per heavy atom. The number of hydrogen-bond donors (Lipinski definition) is 1. The van der Waals surface area contributed by atoms with Gasteiger partial charge in [-0.3, -0.25) is 10.1 Å². The Balaban J connectivity index is 2.42. The molecule has 1 aromatic heterocycles. The highest BCUT2D eigenvalue weighted by Gasteiger charge is 2.20. The van der Waals surface area contributed by atoms with Gasteiger partial charge in [0.2, 0.25) is 5.88 Å². The van der Waals surface area contributed by atoms with Gasteiger partial charge in [-0.05, 0) is 18.6 Å². The molecule has 1 heterocycles. The number of rotatable bonds is 4. The molecule has 0 radical (unpaired) electrons. The first-order chi connectivity index (χ1) is 10.4. The van der Waals surface area contributed by atoms with Crippen molar-refractivity contribution in [3.05, 3.63) is 46.1 Å². The van der Waals surface area contributed by atoms with Gasteiger partial charge in [-0.15, -0.1) is 0 Å². The van der Waals surface area contributed by atoms with Crippen molar-refractivity contribution in [2.45, 2.75) is 6.92 Å². The van der Waals surface area contributed by atoms with Crippen molar-refractivity contribution in [1.29, 1.82) is 0 Å². The van der Waals surface area contributed by atoms with Crippen molar-refractivity contribution < 1.29 is 19.2 Å². The lowest BCUT2D eigenvalue weighted by atomic mass is 10.2. The smallest absolute Gasteiger partial charge is 0.437 e. The minimum Gasteiger partial charge on any atom is -0.437 e. The number of nitro groups is 1. The largest absolute Gasteiger partial charge is 0.514 e. The summed E-state index contributed by atoms with van der Waals surface area (Å²) < 4.78 is 11.2.